The van der Waals surface area contributed by atoms with Crippen LogP contribution in [-0.4, -0.2) is 41.2 Å². The van der Waals surface area contributed by atoms with Gasteiger partial charge in [-0.15, -0.1) is 0 Å². The first kappa shape index (κ1) is 22.9. The number of para-hydroxylation sites is 2. The molecule has 0 radical (unpaired) electrons. The Bertz CT molecular complexity index is 1320. The van der Waals surface area contributed by atoms with Gasteiger partial charge in [0.1, 0.15) is 23.1 Å². The first-order valence-electron chi connectivity index (χ1n) is 11.8. The molecule has 3 aromatic rings. The van der Waals surface area contributed by atoms with Gasteiger partial charge in [0.15, 0.2) is 17.1 Å². The smallest absolute Gasteiger partial charge is 0.253 e. The standard InChI is InChI=1S/C28H29N3O4/c1-27(2,3)34-23-11-9-19(17-24(23)33-4)26(32)30-15-13-28(14-16-30)25-12-10-20(18-29)31(25)21-7-5-6-8-22(21)35-28/h5-12,17H,13-16H2,1-4H3. The number of fused-ring (bicyclic) bond motifs is 4. The van der Waals surface area contributed by atoms with Gasteiger partial charge in [0.05, 0.1) is 18.5 Å². The average molecular weight is 472 g/mol. The van der Waals surface area contributed by atoms with E-state index in [2.05, 4.69) is 6.07 Å². The molecule has 1 aromatic heterocycles. The number of nitrogens with zero attached hydrogens (tertiary/aromatic N) is 3. The highest BCUT2D eigenvalue weighted by atomic mass is 16.5. The number of carbonyl (C=O) groups is 1. The fourth-order valence-electron chi connectivity index (χ4n) is 4.96. The van der Waals surface area contributed by atoms with E-state index in [9.17, 15) is 10.1 Å². The van der Waals surface area contributed by atoms with Crippen LogP contribution in [0.15, 0.2) is 54.6 Å². The molecule has 0 saturated carbocycles. The van der Waals surface area contributed by atoms with E-state index in [0.29, 0.717) is 48.7 Å². The van der Waals surface area contributed by atoms with Crippen molar-refractivity contribution in [3.8, 4) is 29.0 Å². The molecule has 0 bridgehead atoms. The van der Waals surface area contributed by atoms with Crippen molar-refractivity contribution < 1.29 is 19.0 Å². The number of piperidine rings is 1. The predicted octanol–water partition coefficient (Wildman–Crippen LogP) is 5.06. The quantitative estimate of drug-likeness (QED) is 0.534. The van der Waals surface area contributed by atoms with Crippen LogP contribution in [0.2, 0.25) is 0 Å². The lowest BCUT2D eigenvalue weighted by molar-refractivity contribution is -0.00938. The van der Waals surface area contributed by atoms with Crippen molar-refractivity contribution in [2.24, 2.45) is 0 Å². The van der Waals surface area contributed by atoms with Crippen molar-refractivity contribution in [2.45, 2.75) is 44.8 Å². The van der Waals surface area contributed by atoms with E-state index in [1.54, 1.807) is 25.3 Å². The summed E-state index contributed by atoms with van der Waals surface area (Å²) in [6.45, 7) is 6.98. The fraction of sp³-hybridized carbons (Fsp3) is 0.357. The van der Waals surface area contributed by atoms with Crippen LogP contribution in [0.1, 0.15) is 55.4 Å². The van der Waals surface area contributed by atoms with Crippen LogP contribution in [0.3, 0.4) is 0 Å². The minimum absolute atomic E-state index is 0.0511. The molecule has 1 fully saturated rings. The first-order chi connectivity index (χ1) is 16.7. The number of rotatable bonds is 3. The second-order valence-electron chi connectivity index (χ2n) is 9.99. The van der Waals surface area contributed by atoms with Crippen LogP contribution >= 0.6 is 0 Å². The number of nitriles is 1. The van der Waals surface area contributed by atoms with Gasteiger partial charge in [-0.1, -0.05) is 12.1 Å². The van der Waals surface area contributed by atoms with E-state index >= 15 is 0 Å². The molecule has 1 spiro atoms. The Hall–Kier alpha value is -3.92. The second kappa shape index (κ2) is 8.38. The highest BCUT2D eigenvalue weighted by Gasteiger charge is 2.45. The van der Waals surface area contributed by atoms with E-state index in [0.717, 1.165) is 17.1 Å². The summed E-state index contributed by atoms with van der Waals surface area (Å²) in [5.41, 5.74) is 2.02. The summed E-state index contributed by atoms with van der Waals surface area (Å²) in [6.07, 6.45) is 1.26. The number of carbonyl (C=O) groups excluding carboxylic acids is 1. The molecule has 35 heavy (non-hydrogen) atoms. The Kier molecular flexibility index (Phi) is 5.47. The number of aromatic nitrogens is 1. The van der Waals surface area contributed by atoms with E-state index in [-0.39, 0.29) is 11.5 Å². The van der Waals surface area contributed by atoms with E-state index in [1.165, 1.54) is 0 Å². The summed E-state index contributed by atoms with van der Waals surface area (Å²) in [5, 5.41) is 9.68. The Morgan fingerprint density at radius 1 is 1.06 bits per heavy atom. The Morgan fingerprint density at radius 3 is 2.49 bits per heavy atom. The third kappa shape index (κ3) is 3.99. The molecule has 0 aliphatic carbocycles. The zero-order valence-electron chi connectivity index (χ0n) is 20.5. The van der Waals surface area contributed by atoms with Gasteiger partial charge in [0, 0.05) is 31.5 Å². The molecular formula is C28H29N3O4. The largest absolute Gasteiger partial charge is 0.493 e. The number of hydrogen-bond donors (Lipinski definition) is 0. The number of benzene rings is 2. The highest BCUT2D eigenvalue weighted by Crippen LogP contribution is 2.46. The molecule has 7 heteroatoms. The van der Waals surface area contributed by atoms with Crippen molar-refractivity contribution in [1.82, 2.24) is 9.47 Å². The molecule has 7 nitrogen and oxygen atoms in total. The molecule has 2 aliphatic rings. The van der Waals surface area contributed by atoms with E-state index in [1.807, 2.05) is 66.6 Å². The van der Waals surface area contributed by atoms with Gasteiger partial charge in [-0.05, 0) is 63.2 Å². The molecular weight excluding hydrogens is 442 g/mol. The lowest BCUT2D eigenvalue weighted by atomic mass is 9.86. The van der Waals surface area contributed by atoms with E-state index < -0.39 is 5.60 Å². The summed E-state index contributed by atoms with van der Waals surface area (Å²) in [4.78, 5) is 15.2. The number of amides is 1. The predicted molar refractivity (Wildman–Crippen MR) is 131 cm³/mol. The molecule has 0 N–H and O–H groups in total. The molecule has 180 valence electrons. The molecule has 5 rings (SSSR count). The maximum atomic E-state index is 13.4. The van der Waals surface area contributed by atoms with Crippen LogP contribution in [-0.2, 0) is 5.60 Å². The minimum Gasteiger partial charge on any atom is -0.493 e. The topological polar surface area (TPSA) is 76.7 Å². The zero-order chi connectivity index (χ0) is 24.8. The number of likely N-dealkylation sites (tertiary alicyclic amines) is 1. The maximum Gasteiger partial charge on any atom is 0.253 e. The van der Waals surface area contributed by atoms with Crippen LogP contribution < -0.4 is 14.2 Å². The monoisotopic (exact) mass is 471 g/mol. The highest BCUT2D eigenvalue weighted by molar-refractivity contribution is 5.95. The SMILES string of the molecule is COc1cc(C(=O)N2CCC3(CC2)Oc2ccccc2-n2c(C#N)ccc23)ccc1OC(C)(C)C. The van der Waals surface area contributed by atoms with Crippen LogP contribution in [0.25, 0.3) is 5.69 Å². The Morgan fingerprint density at radius 2 is 1.80 bits per heavy atom. The normalized spacial score (nSPS) is 16.0. The van der Waals surface area contributed by atoms with Crippen LogP contribution in [0, 0.1) is 11.3 Å². The van der Waals surface area contributed by atoms with Crippen molar-refractivity contribution in [3.63, 3.8) is 0 Å². The Balaban J connectivity index is 1.38. The fourth-order valence-corrected chi connectivity index (χ4v) is 4.96. The number of methoxy groups -OCH3 is 1. The van der Waals surface area contributed by atoms with Gasteiger partial charge in [0.2, 0.25) is 0 Å². The van der Waals surface area contributed by atoms with Crippen LogP contribution in [0.5, 0.6) is 17.2 Å². The first-order valence-corrected chi connectivity index (χ1v) is 11.8. The summed E-state index contributed by atoms with van der Waals surface area (Å²) < 4.78 is 20.0. The van der Waals surface area contributed by atoms with Crippen molar-refractivity contribution in [2.75, 3.05) is 20.2 Å². The minimum atomic E-state index is -0.581. The molecule has 0 unspecified atom stereocenters. The van der Waals surface area contributed by atoms with Gasteiger partial charge in [-0.2, -0.15) is 5.26 Å². The molecule has 3 heterocycles. The lowest BCUT2D eigenvalue weighted by Crippen LogP contribution is -2.50. The Labute approximate surface area is 205 Å². The van der Waals surface area contributed by atoms with Crippen molar-refractivity contribution in [1.29, 1.82) is 5.26 Å². The summed E-state index contributed by atoms with van der Waals surface area (Å²) >= 11 is 0. The molecule has 2 aliphatic heterocycles. The second-order valence-corrected chi connectivity index (χ2v) is 9.99. The number of hydrogen-bond acceptors (Lipinski definition) is 5. The lowest BCUT2D eigenvalue weighted by Gasteiger charge is -2.45. The molecule has 1 amide bonds. The maximum absolute atomic E-state index is 13.4. The van der Waals surface area contributed by atoms with Crippen molar-refractivity contribution in [3.05, 3.63) is 71.5 Å². The molecule has 1 saturated heterocycles. The van der Waals surface area contributed by atoms with Gasteiger partial charge in [0.25, 0.3) is 5.91 Å². The van der Waals surface area contributed by atoms with Crippen LogP contribution in [0.4, 0.5) is 0 Å². The third-order valence-corrected chi connectivity index (χ3v) is 6.56. The van der Waals surface area contributed by atoms with Gasteiger partial charge in [-0.3, -0.25) is 9.36 Å². The third-order valence-electron chi connectivity index (χ3n) is 6.56. The van der Waals surface area contributed by atoms with Gasteiger partial charge < -0.3 is 19.1 Å². The number of ether oxygens (including phenoxy) is 3. The van der Waals surface area contributed by atoms with Gasteiger partial charge >= 0.3 is 0 Å². The zero-order valence-corrected chi connectivity index (χ0v) is 20.5. The molecule has 0 atom stereocenters. The summed E-state index contributed by atoms with van der Waals surface area (Å²) in [5.74, 6) is 1.85. The molecule has 2 aromatic carbocycles. The van der Waals surface area contributed by atoms with Gasteiger partial charge in [-0.25, -0.2) is 0 Å². The summed E-state index contributed by atoms with van der Waals surface area (Å²) in [6, 6.07) is 19.2. The van der Waals surface area contributed by atoms with Crippen molar-refractivity contribution >= 4 is 5.91 Å². The summed E-state index contributed by atoms with van der Waals surface area (Å²) in [7, 11) is 1.58. The van der Waals surface area contributed by atoms with E-state index in [4.69, 9.17) is 14.2 Å². The average Bonchev–Trinajstić information content (AvgIpc) is 3.29.